The van der Waals surface area contributed by atoms with Crippen molar-refractivity contribution in [1.82, 2.24) is 4.57 Å². The minimum Gasteiger partial charge on any atom is -0.308 e. The van der Waals surface area contributed by atoms with E-state index >= 15 is 0 Å². The molecule has 0 radical (unpaired) electrons. The van der Waals surface area contributed by atoms with Gasteiger partial charge in [-0.15, -0.1) is 0 Å². The predicted octanol–water partition coefficient (Wildman–Crippen LogP) is 11.2. The van der Waals surface area contributed by atoms with E-state index in [1.165, 1.54) is 49.6 Å². The van der Waals surface area contributed by atoms with Crippen LogP contribution in [0.1, 0.15) is 41.7 Å². The van der Waals surface area contributed by atoms with Gasteiger partial charge >= 0.3 is 0 Å². The van der Waals surface area contributed by atoms with E-state index in [4.69, 9.17) is 9.98 Å². The molecule has 0 atom stereocenters. The zero-order valence-electron chi connectivity index (χ0n) is 25.9. The topological polar surface area (TPSA) is 29.6 Å². The van der Waals surface area contributed by atoms with E-state index in [2.05, 4.69) is 168 Å². The zero-order valence-corrected chi connectivity index (χ0v) is 29.6. The lowest BCUT2D eigenvalue weighted by Gasteiger charge is -2.22. The molecule has 6 aromatic carbocycles. The molecular formula is C42H29BrIN3. The van der Waals surface area contributed by atoms with Gasteiger partial charge in [0.1, 0.15) is 7.35 Å². The molecule has 2 heterocycles. The van der Waals surface area contributed by atoms with Gasteiger partial charge < -0.3 is 4.57 Å². The van der Waals surface area contributed by atoms with Crippen molar-refractivity contribution in [2.45, 2.75) is 19.3 Å². The van der Waals surface area contributed by atoms with E-state index in [1.54, 1.807) is 0 Å². The van der Waals surface area contributed by atoms with Crippen LogP contribution in [-0.4, -0.2) is 17.8 Å². The summed E-state index contributed by atoms with van der Waals surface area (Å²) in [6.07, 6.45) is 0. The van der Waals surface area contributed by atoms with E-state index in [0.717, 1.165) is 34.5 Å². The summed E-state index contributed by atoms with van der Waals surface area (Å²) >= 11 is 3.34. The van der Waals surface area contributed by atoms with Crippen LogP contribution >= 0.6 is 36.7 Å². The van der Waals surface area contributed by atoms with Gasteiger partial charge in [0.15, 0.2) is 5.84 Å². The molecule has 0 fully saturated rings. The number of para-hydroxylation sites is 1. The van der Waals surface area contributed by atoms with Gasteiger partial charge in [0.05, 0.1) is 16.7 Å². The lowest BCUT2D eigenvalue weighted by Crippen LogP contribution is -2.15. The standard InChI is InChI=1S/C42H29BrIN3/c1-42(2)33-19-11-9-17-29(33)31-24-32-30-18-10-12-20-36(30)47(37(32)25-34(31)42)38-23-28(21-22-35(38)43)40-44-39(26-13-5-3-6-14-26)45-41(46-40)27-15-7-4-8-16-27/h3-25H,1-2H3. The molecule has 2 aliphatic rings. The Hall–Kier alpha value is -4.46. The molecular weight excluding hydrogens is 753 g/mol. The van der Waals surface area contributed by atoms with Crippen LogP contribution in [0.2, 0.25) is 0 Å². The van der Waals surface area contributed by atoms with Gasteiger partial charge in [-0.1, -0.05) is 123 Å². The molecule has 47 heavy (non-hydrogen) atoms. The Labute approximate surface area is 292 Å². The quantitative estimate of drug-likeness (QED) is 0.159. The molecule has 1 aromatic heterocycles. The molecule has 0 amide bonds. The van der Waals surface area contributed by atoms with E-state index in [1.807, 2.05) is 6.07 Å². The third-order valence-electron chi connectivity index (χ3n) is 9.43. The average molecular weight is 783 g/mol. The van der Waals surface area contributed by atoms with E-state index in [9.17, 15) is 0 Å². The van der Waals surface area contributed by atoms with Crippen LogP contribution in [-0.2, 0) is 5.41 Å². The number of aliphatic imine (C=N–C) groups is 2. The van der Waals surface area contributed by atoms with Crippen molar-refractivity contribution in [2.24, 2.45) is 9.98 Å². The van der Waals surface area contributed by atoms with E-state index in [-0.39, 0.29) is 5.41 Å². The SMILES string of the molecule is CC1(C)c2ccccc2-c2cc3c4ccccc4n(-c4cc(C5=IC(c6ccccc6)=NC(c6ccccc6)=N5)ccc4Br)c3cc21. The van der Waals surface area contributed by atoms with Crippen molar-refractivity contribution in [3.8, 4) is 16.8 Å². The highest BCUT2D eigenvalue weighted by molar-refractivity contribution is 14.2. The number of hydrogen-bond acceptors (Lipinski definition) is 2. The molecule has 5 heteroatoms. The normalized spacial score (nSPS) is 15.0. The minimum atomic E-state index is -0.635. The maximum absolute atomic E-state index is 5.23. The summed E-state index contributed by atoms with van der Waals surface area (Å²) in [4.78, 5) is 10.3. The highest BCUT2D eigenvalue weighted by Gasteiger charge is 2.36. The lowest BCUT2D eigenvalue weighted by molar-refractivity contribution is 0.661. The highest BCUT2D eigenvalue weighted by atomic mass is 127. The molecule has 0 bridgehead atoms. The molecule has 0 unspecified atom stereocenters. The first-order chi connectivity index (χ1) is 23.0. The van der Waals surface area contributed by atoms with Crippen LogP contribution in [0.15, 0.2) is 154 Å². The number of nitrogens with zero attached hydrogens (tertiary/aromatic N) is 3. The average Bonchev–Trinajstić information content (AvgIpc) is 3.56. The molecule has 7 aromatic rings. The Bertz CT molecular complexity index is 2450. The maximum atomic E-state index is 5.23. The molecule has 0 N–H and O–H groups in total. The Balaban J connectivity index is 1.26. The molecule has 1 aliphatic carbocycles. The molecule has 3 nitrogen and oxygen atoms in total. The first-order valence-electron chi connectivity index (χ1n) is 15.8. The summed E-state index contributed by atoms with van der Waals surface area (Å²) in [7, 11) is 0. The van der Waals surface area contributed by atoms with Crippen molar-refractivity contribution >= 4 is 71.7 Å². The monoisotopic (exact) mass is 781 g/mol. The summed E-state index contributed by atoms with van der Waals surface area (Å²) in [5, 5.41) is 2.52. The van der Waals surface area contributed by atoms with Crippen molar-refractivity contribution in [1.29, 1.82) is 0 Å². The van der Waals surface area contributed by atoms with Gasteiger partial charge in [0, 0.05) is 37.4 Å². The van der Waals surface area contributed by atoms with Crippen molar-refractivity contribution < 1.29 is 0 Å². The van der Waals surface area contributed by atoms with Gasteiger partial charge in [-0.2, -0.15) is 0 Å². The number of amidine groups is 1. The zero-order chi connectivity index (χ0) is 31.7. The largest absolute Gasteiger partial charge is 0.308 e. The molecule has 9 rings (SSSR count). The van der Waals surface area contributed by atoms with Crippen LogP contribution < -0.4 is 0 Å². The van der Waals surface area contributed by atoms with Crippen molar-refractivity contribution in [2.75, 3.05) is 0 Å². The van der Waals surface area contributed by atoms with Gasteiger partial charge in [-0.3, -0.25) is 0 Å². The van der Waals surface area contributed by atoms with Crippen LogP contribution in [0.3, 0.4) is 0 Å². The molecule has 0 saturated carbocycles. The molecule has 1 aliphatic heterocycles. The summed E-state index contributed by atoms with van der Waals surface area (Å²) < 4.78 is 5.73. The number of rotatable bonds is 4. The van der Waals surface area contributed by atoms with Crippen LogP contribution in [0.25, 0.3) is 38.6 Å². The second-order valence-corrected chi connectivity index (χ2v) is 16.0. The Morgan fingerprint density at radius 2 is 1.28 bits per heavy atom. The lowest BCUT2D eigenvalue weighted by atomic mass is 9.82. The van der Waals surface area contributed by atoms with Crippen LogP contribution in [0.4, 0.5) is 0 Å². The summed E-state index contributed by atoms with van der Waals surface area (Å²) in [6.45, 7) is 4.70. The first kappa shape index (κ1) is 28.7. The Morgan fingerprint density at radius 1 is 0.574 bits per heavy atom. The predicted molar refractivity (Wildman–Crippen MR) is 210 cm³/mol. The smallest absolute Gasteiger partial charge is 0.161 e. The number of aromatic nitrogens is 1. The second-order valence-electron chi connectivity index (χ2n) is 12.6. The van der Waals surface area contributed by atoms with Gasteiger partial charge in [0.25, 0.3) is 0 Å². The van der Waals surface area contributed by atoms with Crippen LogP contribution in [0.5, 0.6) is 0 Å². The third kappa shape index (κ3) is 4.62. The van der Waals surface area contributed by atoms with E-state index < -0.39 is 20.7 Å². The number of fused-ring (bicyclic) bond motifs is 6. The minimum absolute atomic E-state index is 0.0847. The van der Waals surface area contributed by atoms with Crippen LogP contribution in [0, 0.1) is 0 Å². The fourth-order valence-corrected chi connectivity index (χ4v) is 10.0. The Kier molecular flexibility index (Phi) is 6.77. The highest BCUT2D eigenvalue weighted by Crippen LogP contribution is 2.51. The Morgan fingerprint density at radius 3 is 2.09 bits per heavy atom. The maximum Gasteiger partial charge on any atom is 0.161 e. The second kappa shape index (κ2) is 11.1. The summed E-state index contributed by atoms with van der Waals surface area (Å²) in [6, 6.07) is 50.1. The molecule has 226 valence electrons. The summed E-state index contributed by atoms with van der Waals surface area (Å²) in [5.41, 5.74) is 12.2. The number of halogens is 2. The van der Waals surface area contributed by atoms with E-state index in [0.29, 0.717) is 0 Å². The first-order valence-corrected chi connectivity index (χ1v) is 18.7. The van der Waals surface area contributed by atoms with Crippen molar-refractivity contribution in [3.63, 3.8) is 0 Å². The fourth-order valence-electron chi connectivity index (χ4n) is 7.10. The molecule has 0 saturated heterocycles. The van der Waals surface area contributed by atoms with Gasteiger partial charge in [-0.25, -0.2) is 9.98 Å². The summed E-state index contributed by atoms with van der Waals surface area (Å²) in [5.74, 6) is 0.768. The van der Waals surface area contributed by atoms with Gasteiger partial charge in [-0.05, 0) is 89.2 Å². The van der Waals surface area contributed by atoms with Crippen molar-refractivity contribution in [3.05, 3.63) is 172 Å². The van der Waals surface area contributed by atoms with Gasteiger partial charge in [0.2, 0.25) is 0 Å². The molecule has 0 spiro atoms. The number of benzene rings is 6. The third-order valence-corrected chi connectivity index (χ3v) is 12.9. The fraction of sp³-hybridized carbons (Fsp3) is 0.0714. The number of hydrogen-bond donors (Lipinski definition) is 0.